The van der Waals surface area contributed by atoms with Gasteiger partial charge in [0.2, 0.25) is 5.91 Å². The lowest BCUT2D eigenvalue weighted by Gasteiger charge is -2.62. The Balaban J connectivity index is 1.37. The van der Waals surface area contributed by atoms with E-state index in [2.05, 4.69) is 43.3 Å². The highest BCUT2D eigenvalue weighted by Gasteiger charge is 2.59. The molecule has 0 saturated carbocycles. The van der Waals surface area contributed by atoms with Gasteiger partial charge in [0.1, 0.15) is 6.04 Å². The van der Waals surface area contributed by atoms with Crippen molar-refractivity contribution in [3.05, 3.63) is 105 Å². The maximum atomic E-state index is 13.8. The minimum absolute atomic E-state index is 0.0883. The Morgan fingerprint density at radius 1 is 0.976 bits per heavy atom. The molecular weight excluding hydrogens is 575 g/mol. The summed E-state index contributed by atoms with van der Waals surface area (Å²) in [6.07, 6.45) is 5.07. The van der Waals surface area contributed by atoms with E-state index in [0.29, 0.717) is 47.2 Å². The molecule has 3 unspecified atom stereocenters. The van der Waals surface area contributed by atoms with Crippen LogP contribution in [0.3, 0.4) is 0 Å². The van der Waals surface area contributed by atoms with Crippen molar-refractivity contribution < 1.29 is 14.0 Å². The molecule has 0 radical (unpaired) electrons. The normalized spacial score (nSPS) is 28.4. The summed E-state index contributed by atoms with van der Waals surface area (Å²) in [5.41, 5.74) is 2.60. The topological polar surface area (TPSA) is 29.5 Å². The first kappa shape index (κ1) is 29.0. The molecule has 3 atom stereocenters. The number of carbonyl (C=O) groups is 1. The molecule has 3 aromatic carbocycles. The predicted molar refractivity (Wildman–Crippen MR) is 167 cm³/mol. The van der Waals surface area contributed by atoms with Gasteiger partial charge < -0.3 is 14.1 Å². The van der Waals surface area contributed by atoms with Crippen molar-refractivity contribution >= 4 is 40.7 Å². The molecule has 216 valence electrons. The van der Waals surface area contributed by atoms with E-state index >= 15 is 0 Å². The van der Waals surface area contributed by atoms with Crippen LogP contribution in [0.4, 0.5) is 0 Å². The quantitative estimate of drug-likeness (QED) is 0.258. The monoisotopic (exact) mass is 611 g/mol. The van der Waals surface area contributed by atoms with Crippen LogP contribution in [0.15, 0.2) is 72.8 Å². The fourth-order valence-corrected chi connectivity index (χ4v) is 8.40. The second-order valence-electron chi connectivity index (χ2n) is 12.2. The molecule has 2 bridgehead atoms. The highest BCUT2D eigenvalue weighted by Crippen LogP contribution is 2.48. The number of rotatable bonds is 7. The van der Waals surface area contributed by atoms with E-state index in [4.69, 9.17) is 39.5 Å². The number of nitrogens with zero attached hydrogens (tertiary/aromatic N) is 2. The van der Waals surface area contributed by atoms with E-state index in [1.165, 1.54) is 24.8 Å². The largest absolute Gasteiger partial charge is 0.360 e. The van der Waals surface area contributed by atoms with Gasteiger partial charge in [-0.25, -0.2) is 0 Å². The highest BCUT2D eigenvalue weighted by atomic mass is 35.5. The molecule has 0 aromatic heterocycles. The molecule has 4 aliphatic rings. The van der Waals surface area contributed by atoms with Crippen molar-refractivity contribution in [1.29, 1.82) is 0 Å². The lowest BCUT2D eigenvalue weighted by Crippen LogP contribution is -2.74. The van der Waals surface area contributed by atoms with Crippen molar-refractivity contribution in [3.8, 4) is 0 Å². The smallest absolute Gasteiger partial charge is 0.227 e. The third-order valence-corrected chi connectivity index (χ3v) is 11.1. The zero-order chi connectivity index (χ0) is 28.6. The van der Waals surface area contributed by atoms with Crippen molar-refractivity contribution in [3.63, 3.8) is 0 Å². The Morgan fingerprint density at radius 3 is 2.46 bits per heavy atom. The molecule has 4 fully saturated rings. The molecule has 0 aliphatic carbocycles. The fraction of sp³-hybridized carbons (Fsp3) is 0.441. The molecule has 7 heteroatoms. The third-order valence-electron chi connectivity index (χ3n) is 10.2. The first-order chi connectivity index (χ1) is 19.8. The number of benzene rings is 3. The summed E-state index contributed by atoms with van der Waals surface area (Å²) in [5.74, 6) is 0.880. The van der Waals surface area contributed by atoms with Crippen LogP contribution in [0.1, 0.15) is 42.9 Å². The maximum Gasteiger partial charge on any atom is 0.227 e. The van der Waals surface area contributed by atoms with Crippen LogP contribution in [0.5, 0.6) is 0 Å². The molecule has 4 heterocycles. The minimum Gasteiger partial charge on any atom is -0.360 e. The number of amides is 1. The third kappa shape index (κ3) is 5.67. The average Bonchev–Trinajstić information content (AvgIpc) is 2.99. The van der Waals surface area contributed by atoms with Crippen molar-refractivity contribution in [1.82, 2.24) is 4.90 Å². The number of hydrogen-bond acceptors (Lipinski definition) is 2. The Morgan fingerprint density at radius 2 is 1.73 bits per heavy atom. The van der Waals surface area contributed by atoms with E-state index in [-0.39, 0.29) is 11.9 Å². The van der Waals surface area contributed by atoms with Gasteiger partial charge in [-0.1, -0.05) is 83.3 Å². The molecule has 41 heavy (non-hydrogen) atoms. The van der Waals surface area contributed by atoms with Crippen LogP contribution < -0.4 is 0 Å². The van der Waals surface area contributed by atoms with E-state index in [0.717, 1.165) is 41.0 Å². The van der Waals surface area contributed by atoms with E-state index in [9.17, 15) is 4.79 Å². The number of fused-ring (bicyclic) bond motifs is 3. The number of morpholine rings is 1. The number of piperidine rings is 3. The molecular formula is C34H38Cl3N2O2+. The lowest BCUT2D eigenvalue weighted by atomic mass is 9.73. The maximum absolute atomic E-state index is 13.8. The fourth-order valence-electron chi connectivity index (χ4n) is 7.89. The van der Waals surface area contributed by atoms with Gasteiger partial charge in [0.25, 0.3) is 0 Å². The van der Waals surface area contributed by atoms with Crippen molar-refractivity contribution in [2.45, 2.75) is 56.7 Å². The van der Waals surface area contributed by atoms with E-state index in [1.54, 1.807) is 0 Å². The summed E-state index contributed by atoms with van der Waals surface area (Å²) in [5, 5.41) is 1.68. The Labute approximate surface area is 258 Å². The highest BCUT2D eigenvalue weighted by molar-refractivity contribution is 6.42. The average molecular weight is 613 g/mol. The standard InChI is InChI=1S/C34H38Cl3N2O2/c1-24(39-15-12-26(13-16-39)20-30(39)19-25-6-3-2-4-7-25)34(28-10-11-31(36)32(37)22-28)23-38(14-17-41-34)33(40)21-27-8-5-9-29(35)18-27/h2-11,18,22,24,26,30H,12-17,19-21,23H2,1H3/q+1. The number of quaternary nitrogens is 1. The van der Waals surface area contributed by atoms with Gasteiger partial charge in [-0.2, -0.15) is 0 Å². The number of ether oxygens (including phenoxy) is 1. The van der Waals surface area contributed by atoms with Gasteiger partial charge in [-0.05, 0) is 66.6 Å². The van der Waals surface area contributed by atoms with Gasteiger partial charge >= 0.3 is 0 Å². The van der Waals surface area contributed by atoms with Crippen LogP contribution in [0.25, 0.3) is 0 Å². The van der Waals surface area contributed by atoms with Gasteiger partial charge in [0.15, 0.2) is 5.60 Å². The molecule has 0 N–H and O–H groups in total. The SMILES string of the molecule is CC(C1(c2ccc(Cl)c(Cl)c2)CN(C(=O)Cc2cccc(Cl)c2)CCO1)[N+]12CCC(CC1)CC2Cc1ccccc1. The predicted octanol–water partition coefficient (Wildman–Crippen LogP) is 7.57. The summed E-state index contributed by atoms with van der Waals surface area (Å²) < 4.78 is 7.92. The van der Waals surface area contributed by atoms with Crippen molar-refractivity contribution in [2.24, 2.45) is 5.92 Å². The van der Waals surface area contributed by atoms with Crippen molar-refractivity contribution in [2.75, 3.05) is 32.8 Å². The summed E-state index contributed by atoms with van der Waals surface area (Å²) in [6, 6.07) is 25.0. The second kappa shape index (κ2) is 11.9. The Kier molecular flexibility index (Phi) is 8.42. The summed E-state index contributed by atoms with van der Waals surface area (Å²) in [4.78, 5) is 15.7. The van der Waals surface area contributed by atoms with Gasteiger partial charge in [-0.15, -0.1) is 0 Å². The Hall–Kier alpha value is -2.08. The molecule has 0 spiro atoms. The van der Waals surface area contributed by atoms with Crippen LogP contribution in [-0.2, 0) is 28.0 Å². The first-order valence-electron chi connectivity index (χ1n) is 14.8. The van der Waals surface area contributed by atoms with Gasteiger partial charge in [0, 0.05) is 24.4 Å². The molecule has 4 aliphatic heterocycles. The first-order valence-corrected chi connectivity index (χ1v) is 15.9. The van der Waals surface area contributed by atoms with Crippen LogP contribution in [-0.4, -0.2) is 60.2 Å². The molecule has 1 amide bonds. The number of halogens is 3. The van der Waals surface area contributed by atoms with E-state index < -0.39 is 5.60 Å². The van der Waals surface area contributed by atoms with Gasteiger partial charge in [0.05, 0.1) is 48.7 Å². The molecule has 3 aromatic rings. The number of hydrogen-bond donors (Lipinski definition) is 0. The molecule has 4 saturated heterocycles. The molecule has 4 nitrogen and oxygen atoms in total. The second-order valence-corrected chi connectivity index (χ2v) is 13.5. The zero-order valence-corrected chi connectivity index (χ0v) is 25.8. The van der Waals surface area contributed by atoms with Crippen LogP contribution >= 0.6 is 34.8 Å². The van der Waals surface area contributed by atoms with E-state index in [1.807, 2.05) is 41.3 Å². The Bertz CT molecular complexity index is 1390. The summed E-state index contributed by atoms with van der Waals surface area (Å²) in [7, 11) is 0. The summed E-state index contributed by atoms with van der Waals surface area (Å²) >= 11 is 19.3. The van der Waals surface area contributed by atoms with Crippen LogP contribution in [0, 0.1) is 5.92 Å². The lowest BCUT2D eigenvalue weighted by molar-refractivity contribution is -0.992. The van der Waals surface area contributed by atoms with Crippen LogP contribution in [0.2, 0.25) is 15.1 Å². The molecule has 7 rings (SSSR count). The summed E-state index contributed by atoms with van der Waals surface area (Å²) in [6.45, 7) is 6.13. The number of carbonyl (C=O) groups excluding carboxylic acids is 1. The zero-order valence-electron chi connectivity index (χ0n) is 23.6. The minimum atomic E-state index is -0.713. The van der Waals surface area contributed by atoms with Gasteiger partial charge in [-0.3, -0.25) is 4.79 Å².